The summed E-state index contributed by atoms with van der Waals surface area (Å²) in [4.78, 5) is 49.7. The molecule has 0 spiro atoms. The van der Waals surface area contributed by atoms with Gasteiger partial charge in [0, 0.05) is 54.4 Å². The number of carbonyl (C=O) groups is 3. The van der Waals surface area contributed by atoms with E-state index in [2.05, 4.69) is 30.9 Å². The van der Waals surface area contributed by atoms with Gasteiger partial charge in [0.2, 0.25) is 0 Å². The van der Waals surface area contributed by atoms with Crippen LogP contribution in [0.25, 0.3) is 21.7 Å². The molecule has 15 heteroatoms. The van der Waals surface area contributed by atoms with E-state index in [1.165, 1.54) is 31.8 Å². The van der Waals surface area contributed by atoms with Crippen molar-refractivity contribution in [2.75, 3.05) is 26.1 Å². The third-order valence-corrected chi connectivity index (χ3v) is 6.89. The quantitative estimate of drug-likeness (QED) is 0.317. The Bertz CT molecular complexity index is 1440. The number of rotatable bonds is 9. The Morgan fingerprint density at radius 3 is 2.45 bits per heavy atom. The number of nitrogens with zero attached hydrogens (tertiary/aromatic N) is 3. The average Bonchev–Trinajstić information content (AvgIpc) is 3.66. The van der Waals surface area contributed by atoms with Crippen molar-refractivity contribution in [2.45, 2.75) is 38.5 Å². The maximum absolute atomic E-state index is 14.1. The van der Waals surface area contributed by atoms with Gasteiger partial charge in [-0.05, 0) is 25.8 Å². The Labute approximate surface area is 230 Å². The van der Waals surface area contributed by atoms with E-state index in [1.807, 2.05) is 0 Å². The van der Waals surface area contributed by atoms with Gasteiger partial charge in [0.1, 0.15) is 16.4 Å². The van der Waals surface area contributed by atoms with Crippen molar-refractivity contribution in [1.82, 2.24) is 25.6 Å². The molecule has 1 fully saturated rings. The van der Waals surface area contributed by atoms with Crippen LogP contribution < -0.4 is 16.0 Å². The molecule has 3 aromatic rings. The molecule has 11 nitrogen and oxygen atoms in total. The minimum absolute atomic E-state index is 0.0551. The lowest BCUT2D eigenvalue weighted by Crippen LogP contribution is -2.29. The van der Waals surface area contributed by atoms with Crippen LogP contribution in [0.5, 0.6) is 0 Å². The first-order valence-electron chi connectivity index (χ1n) is 12.1. The summed E-state index contributed by atoms with van der Waals surface area (Å²) in [6, 6.07) is 0.830. The second-order valence-electron chi connectivity index (χ2n) is 8.64. The van der Waals surface area contributed by atoms with Crippen LogP contribution in [0.3, 0.4) is 0 Å². The first-order chi connectivity index (χ1) is 19.1. The summed E-state index contributed by atoms with van der Waals surface area (Å²) >= 11 is 0.743. The van der Waals surface area contributed by atoms with Crippen LogP contribution >= 0.6 is 11.3 Å². The number of halogens is 3. The molecule has 0 radical (unpaired) electrons. The lowest BCUT2D eigenvalue weighted by molar-refractivity contribution is -0.141. The van der Waals surface area contributed by atoms with Crippen LogP contribution in [0.15, 0.2) is 24.7 Å². The zero-order valence-corrected chi connectivity index (χ0v) is 22.5. The van der Waals surface area contributed by atoms with Crippen LogP contribution in [0.1, 0.15) is 51.1 Å². The number of esters is 2. The molecule has 3 N–H and O–H groups in total. The van der Waals surface area contributed by atoms with Gasteiger partial charge in [-0.2, -0.15) is 13.2 Å². The van der Waals surface area contributed by atoms with E-state index in [-0.39, 0.29) is 62.7 Å². The maximum Gasteiger partial charge on any atom is 0.434 e. The fraction of sp³-hybridized carbons (Fsp3) is 0.360. The Balaban J connectivity index is 1.99. The van der Waals surface area contributed by atoms with E-state index in [9.17, 15) is 27.6 Å². The maximum atomic E-state index is 14.1. The third kappa shape index (κ3) is 6.37. The van der Waals surface area contributed by atoms with Crippen molar-refractivity contribution in [3.8, 4) is 21.7 Å². The number of urea groups is 1. The molecule has 0 saturated heterocycles. The van der Waals surface area contributed by atoms with Crippen molar-refractivity contribution < 1.29 is 37.0 Å². The number of nitrogens with one attached hydrogen (secondary N) is 3. The molecule has 1 saturated carbocycles. The smallest absolute Gasteiger partial charge is 0.434 e. The fourth-order valence-electron chi connectivity index (χ4n) is 3.80. The second-order valence-corrected chi connectivity index (χ2v) is 9.73. The predicted octanol–water partition coefficient (Wildman–Crippen LogP) is 4.25. The topological polar surface area (TPSA) is 144 Å². The molecule has 1 aliphatic carbocycles. The third-order valence-electron chi connectivity index (χ3n) is 5.82. The van der Waals surface area contributed by atoms with Gasteiger partial charge >= 0.3 is 24.1 Å². The van der Waals surface area contributed by atoms with E-state index in [1.54, 1.807) is 6.92 Å². The highest BCUT2D eigenvalue weighted by molar-refractivity contribution is 7.15. The van der Waals surface area contributed by atoms with Gasteiger partial charge in [-0.3, -0.25) is 10.3 Å². The summed E-state index contributed by atoms with van der Waals surface area (Å²) in [5, 5.41) is 7.84. The Kier molecular flexibility index (Phi) is 8.64. The zero-order chi connectivity index (χ0) is 29.0. The normalized spacial score (nSPS) is 13.1. The second kappa shape index (κ2) is 12.0. The minimum atomic E-state index is -4.78. The molecule has 0 unspecified atom stereocenters. The van der Waals surface area contributed by atoms with Crippen LogP contribution in [0.4, 0.5) is 23.8 Å². The first-order valence-corrected chi connectivity index (χ1v) is 12.9. The van der Waals surface area contributed by atoms with Gasteiger partial charge in [-0.1, -0.05) is 0 Å². The molecule has 212 valence electrons. The highest BCUT2D eigenvalue weighted by Gasteiger charge is 2.39. The Morgan fingerprint density at radius 2 is 1.82 bits per heavy atom. The number of thiazole rings is 1. The monoisotopic (exact) mass is 578 g/mol. The lowest BCUT2D eigenvalue weighted by Gasteiger charge is -2.16. The van der Waals surface area contributed by atoms with Crippen molar-refractivity contribution in [3.05, 3.63) is 46.4 Å². The predicted molar refractivity (Wildman–Crippen MR) is 139 cm³/mol. The summed E-state index contributed by atoms with van der Waals surface area (Å²) in [5.41, 5.74) is -1.08. The van der Waals surface area contributed by atoms with Gasteiger partial charge in [0.15, 0.2) is 5.69 Å². The molecule has 0 aromatic carbocycles. The van der Waals surface area contributed by atoms with Gasteiger partial charge in [-0.25, -0.2) is 24.4 Å². The Hall–Kier alpha value is -4.11. The van der Waals surface area contributed by atoms with Crippen molar-refractivity contribution in [1.29, 1.82) is 0 Å². The number of anilines is 1. The summed E-state index contributed by atoms with van der Waals surface area (Å²) in [6.07, 6.45) is 0.805. The lowest BCUT2D eigenvalue weighted by atomic mass is 9.97. The van der Waals surface area contributed by atoms with Gasteiger partial charge in [0.05, 0.1) is 24.7 Å². The van der Waals surface area contributed by atoms with Crippen molar-refractivity contribution >= 4 is 35.1 Å². The number of hydrogen-bond acceptors (Lipinski definition) is 10. The van der Waals surface area contributed by atoms with Crippen LogP contribution in [0, 0.1) is 0 Å². The zero-order valence-electron chi connectivity index (χ0n) is 21.6. The average molecular weight is 579 g/mol. The summed E-state index contributed by atoms with van der Waals surface area (Å²) in [6.45, 7) is 1.86. The van der Waals surface area contributed by atoms with E-state index in [4.69, 9.17) is 9.47 Å². The number of aromatic nitrogens is 3. The summed E-state index contributed by atoms with van der Waals surface area (Å²) < 4.78 is 51.9. The van der Waals surface area contributed by atoms with Gasteiger partial charge in [0.25, 0.3) is 0 Å². The molecule has 0 aliphatic heterocycles. The van der Waals surface area contributed by atoms with Crippen LogP contribution in [0.2, 0.25) is 0 Å². The van der Waals surface area contributed by atoms with Gasteiger partial charge < -0.3 is 20.1 Å². The molecule has 3 heterocycles. The fourth-order valence-corrected chi connectivity index (χ4v) is 4.90. The molecule has 40 heavy (non-hydrogen) atoms. The molecular weight excluding hydrogens is 553 g/mol. The number of methoxy groups -OCH3 is 2. The number of alkyl halides is 3. The molecule has 3 aromatic heterocycles. The van der Waals surface area contributed by atoms with E-state index in [0.717, 1.165) is 31.3 Å². The number of hydrogen-bond donors (Lipinski definition) is 3. The highest BCUT2D eigenvalue weighted by Crippen LogP contribution is 2.43. The minimum Gasteiger partial charge on any atom is -0.465 e. The van der Waals surface area contributed by atoms with Crippen molar-refractivity contribution in [3.63, 3.8) is 0 Å². The SMILES string of the molecule is CCNC(=O)Nc1ncc(-c2cncc(C(=O)OC)c2)c(-c2nc(C(F)(F)F)c(CNC3CC3)s2)c1C(=O)OC. The number of ether oxygens (including phenoxy) is 2. The first kappa shape index (κ1) is 28.9. The number of carbonyl (C=O) groups excluding carboxylic acids is 3. The highest BCUT2D eigenvalue weighted by atomic mass is 32.1. The standard InChI is InChI=1S/C25H25F3N6O5S/c1-4-30-24(37)34-20-18(23(36)39-3)17(15(10-32-20)12-7-13(9-29-8-12)22(35)38-2)21-33-19(25(26,27)28)16(40-21)11-31-14-5-6-14/h7-10,14,31H,4-6,11H2,1-3H3,(H2,30,32,34,37). The van der Waals surface area contributed by atoms with E-state index in [0.29, 0.717) is 0 Å². The van der Waals surface area contributed by atoms with Crippen molar-refractivity contribution in [2.24, 2.45) is 0 Å². The van der Waals surface area contributed by atoms with E-state index >= 15 is 0 Å². The molecular formula is C25H25F3N6O5S. The molecule has 0 atom stereocenters. The number of amides is 2. The molecule has 1 aliphatic rings. The van der Waals surface area contributed by atoms with E-state index < -0.39 is 29.8 Å². The molecule has 0 bridgehead atoms. The summed E-state index contributed by atoms with van der Waals surface area (Å²) in [7, 11) is 2.27. The number of pyridine rings is 2. The summed E-state index contributed by atoms with van der Waals surface area (Å²) in [5.74, 6) is -1.93. The largest absolute Gasteiger partial charge is 0.465 e. The molecule has 4 rings (SSSR count). The Morgan fingerprint density at radius 1 is 1.10 bits per heavy atom. The van der Waals surface area contributed by atoms with Crippen LogP contribution in [-0.4, -0.2) is 59.7 Å². The van der Waals surface area contributed by atoms with Gasteiger partial charge in [-0.15, -0.1) is 11.3 Å². The van der Waals surface area contributed by atoms with Crippen LogP contribution in [-0.2, 0) is 22.2 Å². The molecule has 2 amide bonds.